The number of hydrogen-bond donors (Lipinski definition) is 0. The van der Waals surface area contributed by atoms with E-state index in [4.69, 9.17) is 0 Å². The highest BCUT2D eigenvalue weighted by Crippen LogP contribution is 2.31. The number of hydrogen-bond acceptors (Lipinski definition) is 0. The highest BCUT2D eigenvalue weighted by Gasteiger charge is 2.08. The first-order valence-corrected chi connectivity index (χ1v) is 6.69. The molecule has 0 bridgehead atoms. The molecule has 0 heterocycles. The van der Waals surface area contributed by atoms with Gasteiger partial charge in [0.15, 0.2) is 0 Å². The molecule has 0 fully saturated rings. The molecule has 88 valence electrons. The van der Waals surface area contributed by atoms with Crippen molar-refractivity contribution in [3.8, 4) is 0 Å². The van der Waals surface area contributed by atoms with E-state index >= 15 is 0 Å². The van der Waals surface area contributed by atoms with E-state index in [2.05, 4.69) is 65.3 Å². The average molecular weight is 281 g/mol. The summed E-state index contributed by atoms with van der Waals surface area (Å²) in [5.41, 5.74) is 2.58. The minimum absolute atomic E-state index is 0.296. The molecule has 1 aromatic rings. The summed E-state index contributed by atoms with van der Waals surface area (Å²) in [4.78, 5) is 0.296. The van der Waals surface area contributed by atoms with E-state index in [1.165, 1.54) is 11.1 Å². The van der Waals surface area contributed by atoms with Crippen molar-refractivity contribution in [3.63, 3.8) is 0 Å². The summed E-state index contributed by atoms with van der Waals surface area (Å²) in [5.74, 6) is 0. The third-order valence-electron chi connectivity index (χ3n) is 2.08. The van der Waals surface area contributed by atoms with Gasteiger partial charge in [0.2, 0.25) is 0 Å². The van der Waals surface area contributed by atoms with Gasteiger partial charge >= 0.3 is 0 Å². The molecule has 0 aliphatic rings. The minimum Gasteiger partial charge on any atom is -0.0873 e. The van der Waals surface area contributed by atoms with Crippen LogP contribution in [0, 0.1) is 0 Å². The Bertz CT molecular complexity index is 323. The molecule has 1 unspecified atom stereocenters. The SMILES string of the molecule is C/C=C\C(=C/C)C(Br)c1ccccc1.CC. The van der Waals surface area contributed by atoms with Gasteiger partial charge in [-0.1, -0.05) is 78.3 Å². The maximum absolute atomic E-state index is 3.69. The second-order valence-corrected chi connectivity index (χ2v) is 3.98. The third kappa shape index (κ3) is 4.80. The summed E-state index contributed by atoms with van der Waals surface area (Å²) in [5, 5.41) is 0. The van der Waals surface area contributed by atoms with Crippen molar-refractivity contribution in [2.75, 3.05) is 0 Å². The first kappa shape index (κ1) is 15.2. The largest absolute Gasteiger partial charge is 0.0873 e. The van der Waals surface area contributed by atoms with E-state index in [1.54, 1.807) is 0 Å². The molecular weight excluding hydrogens is 260 g/mol. The van der Waals surface area contributed by atoms with Crippen LogP contribution in [0.15, 0.2) is 54.1 Å². The Balaban J connectivity index is 0.00000106. The molecule has 0 nitrogen and oxygen atoms in total. The second-order valence-electron chi connectivity index (χ2n) is 3.06. The summed E-state index contributed by atoms with van der Waals surface area (Å²) in [6.07, 6.45) is 6.32. The number of halogens is 1. The van der Waals surface area contributed by atoms with Gasteiger partial charge in [-0.2, -0.15) is 0 Å². The Hall–Kier alpha value is -0.820. The molecule has 1 atom stereocenters. The summed E-state index contributed by atoms with van der Waals surface area (Å²) >= 11 is 3.69. The fraction of sp³-hybridized carbons (Fsp3) is 0.333. The predicted molar refractivity (Wildman–Crippen MR) is 78.0 cm³/mol. The lowest BCUT2D eigenvalue weighted by Crippen LogP contribution is -1.91. The monoisotopic (exact) mass is 280 g/mol. The van der Waals surface area contributed by atoms with Gasteiger partial charge in [-0.05, 0) is 25.0 Å². The molecule has 0 aromatic heterocycles. The molecule has 0 spiro atoms. The highest BCUT2D eigenvalue weighted by molar-refractivity contribution is 9.09. The van der Waals surface area contributed by atoms with Crippen LogP contribution in [0.3, 0.4) is 0 Å². The fourth-order valence-electron chi connectivity index (χ4n) is 1.33. The van der Waals surface area contributed by atoms with Crippen LogP contribution >= 0.6 is 15.9 Å². The van der Waals surface area contributed by atoms with Crippen molar-refractivity contribution in [1.82, 2.24) is 0 Å². The maximum Gasteiger partial charge on any atom is 0.0641 e. The Kier molecular flexibility index (Phi) is 8.93. The lowest BCUT2D eigenvalue weighted by atomic mass is 10.0. The van der Waals surface area contributed by atoms with Crippen molar-refractivity contribution in [2.45, 2.75) is 32.5 Å². The maximum atomic E-state index is 3.69. The number of allylic oxidation sites excluding steroid dienone is 4. The molecule has 1 rings (SSSR count). The normalized spacial score (nSPS) is 13.2. The summed E-state index contributed by atoms with van der Waals surface area (Å²) < 4.78 is 0. The van der Waals surface area contributed by atoms with Crippen molar-refractivity contribution in [2.24, 2.45) is 0 Å². The second kappa shape index (κ2) is 9.41. The van der Waals surface area contributed by atoms with Crippen LogP contribution in [0.2, 0.25) is 0 Å². The average Bonchev–Trinajstić information content (AvgIpc) is 2.38. The van der Waals surface area contributed by atoms with Gasteiger partial charge in [0.1, 0.15) is 0 Å². The molecule has 16 heavy (non-hydrogen) atoms. The zero-order valence-electron chi connectivity index (χ0n) is 10.6. The molecule has 0 N–H and O–H groups in total. The van der Waals surface area contributed by atoms with Gasteiger partial charge in [-0.15, -0.1) is 0 Å². The number of benzene rings is 1. The third-order valence-corrected chi connectivity index (χ3v) is 3.13. The zero-order chi connectivity index (χ0) is 12.4. The van der Waals surface area contributed by atoms with E-state index in [9.17, 15) is 0 Å². The predicted octanol–water partition coefficient (Wildman–Crippen LogP) is 5.67. The van der Waals surface area contributed by atoms with Crippen molar-refractivity contribution < 1.29 is 0 Å². The molecule has 0 radical (unpaired) electrons. The highest BCUT2D eigenvalue weighted by atomic mass is 79.9. The van der Waals surface area contributed by atoms with Gasteiger partial charge in [-0.25, -0.2) is 0 Å². The molecule has 0 saturated carbocycles. The van der Waals surface area contributed by atoms with Gasteiger partial charge in [0.25, 0.3) is 0 Å². The smallest absolute Gasteiger partial charge is 0.0641 e. The standard InChI is InChI=1S/C13H15Br.C2H6/c1-3-8-11(4-2)13(14)12-9-6-5-7-10-12;1-2/h3-10,13H,1-2H3;1-2H3/b8-3-,11-4+;. The Morgan fingerprint density at radius 3 is 2.12 bits per heavy atom. The summed E-state index contributed by atoms with van der Waals surface area (Å²) in [6.45, 7) is 8.10. The van der Waals surface area contributed by atoms with Crippen LogP contribution in [0.1, 0.15) is 38.1 Å². The molecule has 1 heteroatoms. The summed E-state index contributed by atoms with van der Waals surface area (Å²) in [7, 11) is 0. The molecular formula is C15H21Br. The van der Waals surface area contributed by atoms with Crippen molar-refractivity contribution in [3.05, 3.63) is 59.7 Å². The number of alkyl halides is 1. The van der Waals surface area contributed by atoms with Gasteiger partial charge < -0.3 is 0 Å². The Morgan fingerprint density at radius 2 is 1.69 bits per heavy atom. The fourth-order valence-corrected chi connectivity index (χ4v) is 2.06. The van der Waals surface area contributed by atoms with Crippen molar-refractivity contribution in [1.29, 1.82) is 0 Å². The molecule has 0 aliphatic carbocycles. The van der Waals surface area contributed by atoms with Crippen LogP contribution in [0.4, 0.5) is 0 Å². The van der Waals surface area contributed by atoms with E-state index < -0.39 is 0 Å². The van der Waals surface area contributed by atoms with Gasteiger partial charge in [0.05, 0.1) is 4.83 Å². The zero-order valence-corrected chi connectivity index (χ0v) is 12.2. The first-order chi connectivity index (χ1) is 7.79. The molecule has 1 aromatic carbocycles. The van der Waals surface area contributed by atoms with Crippen LogP contribution in [0.5, 0.6) is 0 Å². The van der Waals surface area contributed by atoms with E-state index in [0.29, 0.717) is 4.83 Å². The summed E-state index contributed by atoms with van der Waals surface area (Å²) in [6, 6.07) is 10.4. The van der Waals surface area contributed by atoms with Crippen LogP contribution in [-0.2, 0) is 0 Å². The topological polar surface area (TPSA) is 0 Å². The van der Waals surface area contributed by atoms with Crippen LogP contribution < -0.4 is 0 Å². The number of rotatable bonds is 3. The van der Waals surface area contributed by atoms with Crippen LogP contribution in [0.25, 0.3) is 0 Å². The van der Waals surface area contributed by atoms with E-state index in [-0.39, 0.29) is 0 Å². The van der Waals surface area contributed by atoms with Crippen LogP contribution in [-0.4, -0.2) is 0 Å². The lowest BCUT2D eigenvalue weighted by Gasteiger charge is -2.10. The van der Waals surface area contributed by atoms with Gasteiger partial charge in [-0.3, -0.25) is 0 Å². The quantitative estimate of drug-likeness (QED) is 0.494. The first-order valence-electron chi connectivity index (χ1n) is 5.77. The molecule has 0 aliphatic heterocycles. The minimum atomic E-state index is 0.296. The Labute approximate surface area is 108 Å². The Morgan fingerprint density at radius 1 is 1.12 bits per heavy atom. The lowest BCUT2D eigenvalue weighted by molar-refractivity contribution is 1.17. The van der Waals surface area contributed by atoms with Gasteiger partial charge in [0, 0.05) is 0 Å². The molecule has 0 saturated heterocycles. The van der Waals surface area contributed by atoms with E-state index in [1.807, 2.05) is 26.8 Å². The van der Waals surface area contributed by atoms with Crippen molar-refractivity contribution >= 4 is 15.9 Å². The molecule has 0 amide bonds. The van der Waals surface area contributed by atoms with E-state index in [0.717, 1.165) is 0 Å².